The zero-order valence-electron chi connectivity index (χ0n) is 18.2. The maximum absolute atomic E-state index is 14.0. The number of alkyl halides is 5. The largest absolute Gasteiger partial charge is 0.418 e. The number of Topliss-reactive ketones (excluding diaryl/α,β-unsaturated/α-hetero) is 1. The summed E-state index contributed by atoms with van der Waals surface area (Å²) in [4.78, 5) is 16.5. The molecule has 192 valence electrons. The van der Waals surface area contributed by atoms with Gasteiger partial charge in [0.05, 0.1) is 12.0 Å². The number of aliphatic hydroxyl groups is 1. The highest BCUT2D eigenvalue weighted by Gasteiger charge is 2.72. The predicted octanol–water partition coefficient (Wildman–Crippen LogP) is 1.67. The summed E-state index contributed by atoms with van der Waals surface area (Å²) in [7, 11) is -3.51. The first-order chi connectivity index (χ1) is 16.0. The Bertz CT molecular complexity index is 1300. The van der Waals surface area contributed by atoms with Gasteiger partial charge in [-0.15, -0.1) is 5.10 Å². The molecular weight excluding hydrogens is 508 g/mol. The fraction of sp³-hybridized carbons (Fsp3) is 0.526. The number of hydrogen-bond donors (Lipinski definition) is 1. The van der Waals surface area contributed by atoms with Crippen molar-refractivity contribution in [3.05, 3.63) is 35.4 Å². The van der Waals surface area contributed by atoms with Crippen LogP contribution < -0.4 is 4.90 Å². The topological polar surface area (TPSA) is 109 Å². The number of aromatic nitrogens is 3. The number of aryl methyl sites for hydroxylation is 1. The number of anilines is 1. The standard InChI is InChI=1S/C19H19F6N5O4S/c1-10-9-29(13-4-3-11(20)7-12(13)19(23,24)25)5-6-30(10)35(33,34)16-26-15(28(2)27-16)18(32)14(31)8-17(18,21)22/h3-4,7,10,32H,5-6,8-9H2,1-2H3. The van der Waals surface area contributed by atoms with E-state index in [-0.39, 0.29) is 25.3 Å². The zero-order chi connectivity index (χ0) is 26.1. The van der Waals surface area contributed by atoms with E-state index in [0.717, 1.165) is 23.5 Å². The van der Waals surface area contributed by atoms with Crippen molar-refractivity contribution in [1.29, 1.82) is 0 Å². The molecule has 1 saturated carbocycles. The first kappa shape index (κ1) is 25.4. The lowest BCUT2D eigenvalue weighted by Gasteiger charge is -2.41. The van der Waals surface area contributed by atoms with E-state index in [9.17, 15) is 44.7 Å². The summed E-state index contributed by atoms with van der Waals surface area (Å²) < 4.78 is 109. The summed E-state index contributed by atoms with van der Waals surface area (Å²) in [6.45, 7) is 0.652. The minimum Gasteiger partial charge on any atom is -0.370 e. The summed E-state index contributed by atoms with van der Waals surface area (Å²) in [5.41, 5.74) is -4.85. The molecule has 2 aromatic rings. The monoisotopic (exact) mass is 527 g/mol. The van der Waals surface area contributed by atoms with Crippen molar-refractivity contribution >= 4 is 21.5 Å². The number of sulfonamides is 1. The molecule has 9 nitrogen and oxygen atoms in total. The maximum Gasteiger partial charge on any atom is 0.418 e. The van der Waals surface area contributed by atoms with Gasteiger partial charge in [0.25, 0.3) is 21.1 Å². The van der Waals surface area contributed by atoms with E-state index in [4.69, 9.17) is 0 Å². The molecule has 0 amide bonds. The van der Waals surface area contributed by atoms with Crippen molar-refractivity contribution in [1.82, 2.24) is 19.1 Å². The highest BCUT2D eigenvalue weighted by Crippen LogP contribution is 2.50. The van der Waals surface area contributed by atoms with Crippen molar-refractivity contribution in [3.8, 4) is 0 Å². The van der Waals surface area contributed by atoms with Gasteiger partial charge in [-0.05, 0) is 25.1 Å². The van der Waals surface area contributed by atoms with Crippen LogP contribution in [0.25, 0.3) is 0 Å². The normalized spacial score (nSPS) is 25.6. The summed E-state index contributed by atoms with van der Waals surface area (Å²) >= 11 is 0. The van der Waals surface area contributed by atoms with Crippen molar-refractivity contribution in [2.45, 2.75) is 42.2 Å². The van der Waals surface area contributed by atoms with E-state index in [1.807, 2.05) is 0 Å². The average Bonchev–Trinajstić information content (AvgIpc) is 3.14. The van der Waals surface area contributed by atoms with Crippen LogP contribution in [0, 0.1) is 5.82 Å². The van der Waals surface area contributed by atoms with E-state index in [1.54, 1.807) is 0 Å². The number of nitrogens with zero attached hydrogens (tertiary/aromatic N) is 5. The van der Waals surface area contributed by atoms with E-state index in [1.165, 1.54) is 11.8 Å². The molecule has 1 aromatic carbocycles. The van der Waals surface area contributed by atoms with Crippen molar-refractivity contribution in [2.24, 2.45) is 7.05 Å². The lowest BCUT2D eigenvalue weighted by atomic mass is 9.73. The first-order valence-electron chi connectivity index (χ1n) is 10.2. The molecule has 1 saturated heterocycles. The van der Waals surface area contributed by atoms with Crippen molar-refractivity contribution in [2.75, 3.05) is 24.5 Å². The highest BCUT2D eigenvalue weighted by molar-refractivity contribution is 7.89. The summed E-state index contributed by atoms with van der Waals surface area (Å²) in [5, 5.41) is 12.9. The SMILES string of the molecule is CC1CN(c2ccc(F)cc2C(F)(F)F)CCN1S(=O)(=O)c1nc(C2(O)C(=O)CC2(F)F)n(C)n1. The lowest BCUT2D eigenvalue weighted by Crippen LogP contribution is -2.63. The molecule has 1 aromatic heterocycles. The number of piperazine rings is 1. The zero-order valence-corrected chi connectivity index (χ0v) is 19.0. The molecule has 2 fully saturated rings. The lowest BCUT2D eigenvalue weighted by molar-refractivity contribution is -0.238. The van der Waals surface area contributed by atoms with Crippen LogP contribution in [0.4, 0.5) is 32.0 Å². The van der Waals surface area contributed by atoms with E-state index in [0.29, 0.717) is 10.7 Å². The molecule has 2 aliphatic rings. The van der Waals surface area contributed by atoms with Crippen LogP contribution in [0.5, 0.6) is 0 Å². The van der Waals surface area contributed by atoms with Crippen LogP contribution in [0.1, 0.15) is 24.7 Å². The first-order valence-corrected chi connectivity index (χ1v) is 11.6. The summed E-state index contributed by atoms with van der Waals surface area (Å²) in [6, 6.07) is 1.24. The number of ketones is 1. The molecule has 2 heterocycles. The molecule has 2 unspecified atom stereocenters. The fourth-order valence-corrected chi connectivity index (χ4v) is 5.76. The van der Waals surface area contributed by atoms with Gasteiger partial charge in [0.2, 0.25) is 5.60 Å². The van der Waals surface area contributed by atoms with E-state index < -0.39 is 68.3 Å². The molecule has 0 bridgehead atoms. The molecule has 0 spiro atoms. The summed E-state index contributed by atoms with van der Waals surface area (Å²) in [5.74, 6) is -7.13. The van der Waals surface area contributed by atoms with Crippen LogP contribution in [0.2, 0.25) is 0 Å². The minimum atomic E-state index is -4.85. The van der Waals surface area contributed by atoms with Gasteiger partial charge in [0.15, 0.2) is 11.6 Å². The number of halogens is 6. The number of carbonyl (C=O) groups is 1. The molecule has 4 rings (SSSR count). The fourth-order valence-electron chi connectivity index (χ4n) is 4.26. The second-order valence-electron chi connectivity index (χ2n) is 8.43. The maximum atomic E-state index is 14.0. The number of hydrogen-bond acceptors (Lipinski definition) is 7. The van der Waals surface area contributed by atoms with Gasteiger partial charge < -0.3 is 10.0 Å². The molecule has 1 aliphatic heterocycles. The molecule has 35 heavy (non-hydrogen) atoms. The molecule has 16 heteroatoms. The number of benzene rings is 1. The summed E-state index contributed by atoms with van der Waals surface area (Å²) in [6.07, 6.45) is -6.08. The van der Waals surface area contributed by atoms with Crippen LogP contribution in [0.15, 0.2) is 23.4 Å². The van der Waals surface area contributed by atoms with Crippen LogP contribution in [-0.2, 0) is 33.6 Å². The predicted molar refractivity (Wildman–Crippen MR) is 106 cm³/mol. The van der Waals surface area contributed by atoms with Crippen LogP contribution in [0.3, 0.4) is 0 Å². The molecule has 1 N–H and O–H groups in total. The third-order valence-electron chi connectivity index (χ3n) is 6.09. The number of rotatable bonds is 4. The Morgan fingerprint density at radius 1 is 1.20 bits per heavy atom. The Labute approximate surface area is 195 Å². The Morgan fingerprint density at radius 2 is 1.86 bits per heavy atom. The van der Waals surface area contributed by atoms with Crippen LogP contribution >= 0.6 is 0 Å². The van der Waals surface area contributed by atoms with Crippen molar-refractivity contribution in [3.63, 3.8) is 0 Å². The molecule has 0 radical (unpaired) electrons. The Kier molecular flexibility index (Phi) is 5.72. The van der Waals surface area contributed by atoms with Gasteiger partial charge in [-0.3, -0.25) is 4.79 Å². The van der Waals surface area contributed by atoms with Gasteiger partial charge in [-0.1, -0.05) is 0 Å². The van der Waals surface area contributed by atoms with Gasteiger partial charge in [0.1, 0.15) is 5.82 Å². The van der Waals surface area contributed by atoms with Gasteiger partial charge in [-0.25, -0.2) is 26.3 Å². The van der Waals surface area contributed by atoms with Gasteiger partial charge >= 0.3 is 6.18 Å². The van der Waals surface area contributed by atoms with E-state index in [2.05, 4.69) is 10.1 Å². The third-order valence-corrected chi connectivity index (χ3v) is 7.89. The average molecular weight is 527 g/mol. The van der Waals surface area contributed by atoms with Gasteiger partial charge in [0, 0.05) is 38.4 Å². The molecular formula is C19H19F6N5O4S. The van der Waals surface area contributed by atoms with Gasteiger partial charge in [-0.2, -0.15) is 22.5 Å². The molecule has 2 atom stereocenters. The second kappa shape index (κ2) is 7.89. The Morgan fingerprint density at radius 3 is 2.40 bits per heavy atom. The van der Waals surface area contributed by atoms with E-state index >= 15 is 0 Å². The Hall–Kier alpha value is -2.72. The quantitative estimate of drug-likeness (QED) is 0.603. The smallest absolute Gasteiger partial charge is 0.370 e. The molecule has 1 aliphatic carbocycles. The van der Waals surface area contributed by atoms with Crippen molar-refractivity contribution < 1.29 is 44.7 Å². The third kappa shape index (κ3) is 3.87. The number of carbonyl (C=O) groups excluding carboxylic acids is 1. The highest BCUT2D eigenvalue weighted by atomic mass is 32.2. The minimum absolute atomic E-state index is 0.210. The Balaban J connectivity index is 1.61. The second-order valence-corrected chi connectivity index (χ2v) is 10.2. The van der Waals surface area contributed by atoms with Crippen LogP contribution in [-0.4, -0.2) is 70.0 Å².